The molecule has 0 bridgehead atoms. The number of aliphatic hydroxyl groups excluding tert-OH is 1. The number of carbonyl (C=O) groups excluding carboxylic acids is 2. The maximum absolute atomic E-state index is 11.8. The molecular weight excluding hydrogens is 497 g/mol. The second-order valence-electron chi connectivity index (χ2n) is 9.37. The number of carbonyl (C=O) groups is 2. The van der Waals surface area contributed by atoms with E-state index in [0.717, 1.165) is 38.5 Å². The highest BCUT2D eigenvalue weighted by molar-refractivity contribution is 7.47. The van der Waals surface area contributed by atoms with Gasteiger partial charge >= 0.3 is 13.8 Å². The van der Waals surface area contributed by atoms with Crippen molar-refractivity contribution in [1.82, 2.24) is 5.32 Å². The number of aliphatic hydroxyl groups is 1. The molecule has 37 heavy (non-hydrogen) atoms. The van der Waals surface area contributed by atoms with Crippen LogP contribution in [0.25, 0.3) is 0 Å². The molecule has 1 amide bonds. The van der Waals surface area contributed by atoms with Crippen LogP contribution >= 0.6 is 7.82 Å². The van der Waals surface area contributed by atoms with Gasteiger partial charge in [-0.05, 0) is 38.5 Å². The Labute approximate surface area is 224 Å². The van der Waals surface area contributed by atoms with Crippen molar-refractivity contribution in [3.63, 3.8) is 0 Å². The van der Waals surface area contributed by atoms with E-state index in [1.807, 2.05) is 6.92 Å². The van der Waals surface area contributed by atoms with Gasteiger partial charge in [-0.15, -0.1) is 0 Å². The van der Waals surface area contributed by atoms with Crippen LogP contribution in [0.4, 0.5) is 0 Å². The van der Waals surface area contributed by atoms with E-state index in [0.29, 0.717) is 12.8 Å². The normalized spacial score (nSPS) is 13.9. The minimum absolute atomic E-state index is 0.0727. The van der Waals surface area contributed by atoms with Gasteiger partial charge in [-0.1, -0.05) is 77.4 Å². The summed E-state index contributed by atoms with van der Waals surface area (Å²) in [5, 5.41) is 12.4. The zero-order valence-corrected chi connectivity index (χ0v) is 24.1. The maximum atomic E-state index is 11.8. The standard InChI is InChI=1S/C27H52NO8P/c1-3-5-6-7-8-9-10-11-12-13-14-15-16-17-18-20-27(31)34-23-25(29)24-36-37(32,33)35-22-21-28-26(30)19-4-2/h11-12,25,29H,3-10,13-24H2,1-2H3,(H,28,30)(H,32,33)/b12-11-. The van der Waals surface area contributed by atoms with Gasteiger partial charge in [-0.25, -0.2) is 4.57 Å². The van der Waals surface area contributed by atoms with E-state index in [4.69, 9.17) is 13.8 Å². The Balaban J connectivity index is 3.61. The quantitative estimate of drug-likeness (QED) is 0.0520. The Kier molecular flexibility index (Phi) is 24.2. The molecule has 10 heteroatoms. The van der Waals surface area contributed by atoms with Crippen LogP contribution < -0.4 is 5.32 Å². The van der Waals surface area contributed by atoms with Gasteiger partial charge in [0, 0.05) is 19.4 Å². The molecule has 0 fully saturated rings. The molecule has 2 unspecified atom stereocenters. The fourth-order valence-electron chi connectivity index (χ4n) is 3.53. The fraction of sp³-hybridized carbons (Fsp3) is 0.852. The molecule has 9 nitrogen and oxygen atoms in total. The molecule has 0 spiro atoms. The molecule has 0 rings (SSSR count). The summed E-state index contributed by atoms with van der Waals surface area (Å²) in [4.78, 5) is 32.7. The minimum atomic E-state index is -4.37. The van der Waals surface area contributed by atoms with Crippen LogP contribution in [0.1, 0.15) is 117 Å². The number of unbranched alkanes of at least 4 members (excludes halogenated alkanes) is 11. The van der Waals surface area contributed by atoms with Crippen molar-refractivity contribution in [2.45, 2.75) is 123 Å². The summed E-state index contributed by atoms with van der Waals surface area (Å²) < 4.78 is 26.2. The van der Waals surface area contributed by atoms with Gasteiger partial charge in [0.2, 0.25) is 5.91 Å². The van der Waals surface area contributed by atoms with Crippen LogP contribution in [0.15, 0.2) is 12.2 Å². The number of hydrogen-bond acceptors (Lipinski definition) is 7. The van der Waals surface area contributed by atoms with Crippen molar-refractivity contribution in [3.8, 4) is 0 Å². The average molecular weight is 550 g/mol. The second kappa shape index (κ2) is 25.1. The van der Waals surface area contributed by atoms with Crippen LogP contribution in [0.2, 0.25) is 0 Å². The number of esters is 1. The lowest BCUT2D eigenvalue weighted by atomic mass is 10.1. The molecule has 2 atom stereocenters. The van der Waals surface area contributed by atoms with Crippen molar-refractivity contribution in [1.29, 1.82) is 0 Å². The number of rotatable bonds is 26. The van der Waals surface area contributed by atoms with Crippen molar-refractivity contribution in [3.05, 3.63) is 12.2 Å². The van der Waals surface area contributed by atoms with Gasteiger partial charge in [0.05, 0.1) is 13.2 Å². The van der Waals surface area contributed by atoms with Gasteiger partial charge in [0.25, 0.3) is 0 Å². The number of nitrogens with one attached hydrogen (secondary N) is 1. The third-order valence-electron chi connectivity index (χ3n) is 5.67. The minimum Gasteiger partial charge on any atom is -0.463 e. The first-order chi connectivity index (χ1) is 17.8. The van der Waals surface area contributed by atoms with Crippen molar-refractivity contribution in [2.24, 2.45) is 0 Å². The van der Waals surface area contributed by atoms with Gasteiger partial charge in [-0.2, -0.15) is 0 Å². The molecular formula is C27H52NO8P. The Bertz CT molecular complexity index is 644. The van der Waals surface area contributed by atoms with Crippen LogP contribution in [-0.2, 0) is 27.9 Å². The topological polar surface area (TPSA) is 131 Å². The fourth-order valence-corrected chi connectivity index (χ4v) is 4.29. The molecule has 0 radical (unpaired) electrons. The summed E-state index contributed by atoms with van der Waals surface area (Å²) in [6, 6.07) is 0. The van der Waals surface area contributed by atoms with E-state index < -0.39 is 26.5 Å². The molecule has 0 aliphatic carbocycles. The SMILES string of the molecule is CCCCCCCC/C=C\CCCCCCCC(=O)OCC(O)COP(=O)(O)OCCNC(=O)CCC. The third-order valence-corrected chi connectivity index (χ3v) is 6.65. The number of ether oxygens (including phenoxy) is 1. The summed E-state index contributed by atoms with van der Waals surface area (Å²) in [6.45, 7) is 3.14. The Hall–Kier alpha value is -1.25. The highest BCUT2D eigenvalue weighted by Crippen LogP contribution is 2.42. The van der Waals surface area contributed by atoms with E-state index in [-0.39, 0.29) is 32.1 Å². The van der Waals surface area contributed by atoms with Crippen molar-refractivity contribution >= 4 is 19.7 Å². The van der Waals surface area contributed by atoms with Gasteiger partial charge in [-0.3, -0.25) is 18.6 Å². The van der Waals surface area contributed by atoms with Gasteiger partial charge in [0.15, 0.2) is 0 Å². The van der Waals surface area contributed by atoms with Crippen LogP contribution in [0.5, 0.6) is 0 Å². The summed E-state index contributed by atoms with van der Waals surface area (Å²) in [5.74, 6) is -0.582. The van der Waals surface area contributed by atoms with E-state index in [1.165, 1.54) is 44.9 Å². The summed E-state index contributed by atoms with van der Waals surface area (Å²) >= 11 is 0. The van der Waals surface area contributed by atoms with E-state index in [9.17, 15) is 24.2 Å². The van der Waals surface area contributed by atoms with Gasteiger partial charge < -0.3 is 20.1 Å². The largest absolute Gasteiger partial charge is 0.472 e. The van der Waals surface area contributed by atoms with Crippen molar-refractivity contribution in [2.75, 3.05) is 26.4 Å². The molecule has 0 saturated carbocycles. The highest BCUT2D eigenvalue weighted by atomic mass is 31.2. The van der Waals surface area contributed by atoms with Crippen LogP contribution in [-0.4, -0.2) is 54.3 Å². The first-order valence-corrected chi connectivity index (χ1v) is 15.7. The number of hydrogen-bond donors (Lipinski definition) is 3. The predicted octanol–water partition coefficient (Wildman–Crippen LogP) is 5.98. The Morgan fingerprint density at radius 3 is 2.03 bits per heavy atom. The molecule has 0 saturated heterocycles. The Morgan fingerprint density at radius 2 is 1.41 bits per heavy atom. The lowest BCUT2D eigenvalue weighted by Crippen LogP contribution is -2.27. The Morgan fingerprint density at radius 1 is 0.811 bits per heavy atom. The lowest BCUT2D eigenvalue weighted by Gasteiger charge is -2.15. The summed E-state index contributed by atoms with van der Waals surface area (Å²) in [6.07, 6.45) is 20.0. The first-order valence-electron chi connectivity index (χ1n) is 14.2. The number of phosphoric ester groups is 1. The highest BCUT2D eigenvalue weighted by Gasteiger charge is 2.23. The molecule has 0 heterocycles. The van der Waals surface area contributed by atoms with E-state index >= 15 is 0 Å². The molecule has 0 aliphatic heterocycles. The van der Waals surface area contributed by atoms with Crippen molar-refractivity contribution < 1.29 is 37.9 Å². The molecule has 0 aromatic carbocycles. The predicted molar refractivity (Wildman–Crippen MR) is 146 cm³/mol. The first kappa shape index (κ1) is 35.8. The number of allylic oxidation sites excluding steroid dienone is 2. The zero-order chi connectivity index (χ0) is 27.6. The summed E-state index contributed by atoms with van der Waals surface area (Å²) in [5.41, 5.74) is 0. The summed E-state index contributed by atoms with van der Waals surface area (Å²) in [7, 11) is -4.37. The monoisotopic (exact) mass is 549 g/mol. The number of phosphoric acid groups is 1. The van der Waals surface area contributed by atoms with E-state index in [2.05, 4.69) is 24.4 Å². The lowest BCUT2D eigenvalue weighted by molar-refractivity contribution is -0.147. The smallest absolute Gasteiger partial charge is 0.463 e. The average Bonchev–Trinajstić information content (AvgIpc) is 2.86. The molecule has 0 aromatic heterocycles. The molecule has 3 N–H and O–H groups in total. The van der Waals surface area contributed by atoms with Crippen LogP contribution in [0.3, 0.4) is 0 Å². The third kappa shape index (κ3) is 26.2. The van der Waals surface area contributed by atoms with Crippen LogP contribution in [0, 0.1) is 0 Å². The van der Waals surface area contributed by atoms with Gasteiger partial charge in [0.1, 0.15) is 12.7 Å². The second-order valence-corrected chi connectivity index (χ2v) is 10.8. The zero-order valence-electron chi connectivity index (χ0n) is 23.2. The van der Waals surface area contributed by atoms with E-state index in [1.54, 1.807) is 0 Å². The molecule has 218 valence electrons. The maximum Gasteiger partial charge on any atom is 0.472 e. The number of amides is 1. The molecule has 0 aliphatic rings. The molecule has 0 aromatic rings.